The quantitative estimate of drug-likeness (QED) is 0.144. The van der Waals surface area contributed by atoms with Crippen molar-refractivity contribution in [2.24, 2.45) is 0 Å². The van der Waals surface area contributed by atoms with Crippen molar-refractivity contribution in [3.05, 3.63) is 334 Å². The summed E-state index contributed by atoms with van der Waals surface area (Å²) in [5.74, 6) is 0.606. The molecule has 7 heterocycles. The molecule has 7 aromatic heterocycles. The molecule has 0 aliphatic carbocycles. The maximum atomic E-state index is 6.59. The van der Waals surface area contributed by atoms with Crippen LogP contribution in [0, 0.1) is 0 Å². The predicted octanol–water partition coefficient (Wildman–Crippen LogP) is 25.5. The third kappa shape index (κ3) is 8.50. The van der Waals surface area contributed by atoms with E-state index in [2.05, 4.69) is 311 Å². The summed E-state index contributed by atoms with van der Waals surface area (Å²) in [6, 6.07) is 119. The van der Waals surface area contributed by atoms with Crippen LogP contribution < -0.4 is 0 Å². The predicted molar refractivity (Wildman–Crippen MR) is 419 cm³/mol. The molecule has 15 aromatic carbocycles. The highest BCUT2D eigenvalue weighted by Crippen LogP contribution is 2.45. The number of para-hydroxylation sites is 9. The van der Waals surface area contributed by atoms with Crippen molar-refractivity contribution in [1.82, 2.24) is 23.7 Å². The zero-order valence-electron chi connectivity index (χ0n) is 54.7. The first-order valence-electron chi connectivity index (χ1n) is 34.6. The largest absolute Gasteiger partial charge is 0.455 e. The van der Waals surface area contributed by atoms with Crippen molar-refractivity contribution in [3.8, 4) is 84.3 Å². The summed E-state index contributed by atoms with van der Waals surface area (Å²) >= 11 is 0. The van der Waals surface area contributed by atoms with Gasteiger partial charge in [-0.1, -0.05) is 218 Å². The van der Waals surface area contributed by atoms with Gasteiger partial charge in [-0.25, -0.2) is 9.97 Å². The molecule has 0 atom stereocenters. The lowest BCUT2D eigenvalue weighted by molar-refractivity contribution is 0.669. The highest BCUT2D eigenvalue weighted by atomic mass is 16.3. The minimum absolute atomic E-state index is 0.606. The highest BCUT2D eigenvalue weighted by molar-refractivity contribution is 6.17. The molecule has 0 amide bonds. The molecule has 0 spiro atoms. The van der Waals surface area contributed by atoms with Crippen LogP contribution in [0.1, 0.15) is 0 Å². The van der Waals surface area contributed by atoms with Crippen LogP contribution in [0.25, 0.3) is 216 Å². The van der Waals surface area contributed by atoms with Gasteiger partial charge < -0.3 is 27.0 Å². The fourth-order valence-corrected chi connectivity index (χ4v) is 16.4. The smallest absolute Gasteiger partial charge is 0.160 e. The first-order chi connectivity index (χ1) is 50.5. The van der Waals surface area contributed by atoms with Crippen molar-refractivity contribution in [1.29, 1.82) is 0 Å². The van der Waals surface area contributed by atoms with Crippen molar-refractivity contribution in [2.45, 2.75) is 0 Å². The molecule has 22 rings (SSSR count). The van der Waals surface area contributed by atoms with Crippen LogP contribution in [0.2, 0.25) is 0 Å². The summed E-state index contributed by atoms with van der Waals surface area (Å²) in [5.41, 5.74) is 25.8. The van der Waals surface area contributed by atoms with Crippen LogP contribution in [0.4, 0.5) is 0 Å². The summed E-state index contributed by atoms with van der Waals surface area (Å²) in [6.07, 6.45) is 0. The van der Waals surface area contributed by atoms with Crippen LogP contribution in [-0.2, 0) is 0 Å². The molecule has 0 aliphatic heterocycles. The standard InChI is InChI=1S/C94H55N5O3/c1-7-37-82-68(25-1)77-52-56(65-31-16-34-74-71-28-4-10-40-88(71)100-91(65)74)43-46-85(77)97(82)62-22-13-19-59(49-62)80-55-81(60-20-14-23-63(50-60)98-83-38-8-2-26-69(83)78-53-57(44-47-86(78)98)66-32-17-35-75-72-29-5-11-41-89(72)101-92(66)75)96-94(95-80)61-21-15-24-64(51-61)99-84-39-9-3-27-70(84)79-54-58(45-48-87(79)99)67-33-18-36-76-73-30-6-12-42-90(73)102-93(67)76/h1-55H. The Morgan fingerprint density at radius 3 is 0.863 bits per heavy atom. The van der Waals surface area contributed by atoms with Crippen molar-refractivity contribution in [2.75, 3.05) is 0 Å². The molecule has 0 aliphatic rings. The molecule has 0 saturated carbocycles. The van der Waals surface area contributed by atoms with Crippen LogP contribution in [0.15, 0.2) is 347 Å². The van der Waals surface area contributed by atoms with Crippen LogP contribution >= 0.6 is 0 Å². The number of rotatable bonds is 9. The van der Waals surface area contributed by atoms with E-state index in [9.17, 15) is 0 Å². The summed E-state index contributed by atoms with van der Waals surface area (Å²) in [7, 11) is 0. The lowest BCUT2D eigenvalue weighted by Crippen LogP contribution is -2.00. The molecule has 0 bridgehead atoms. The highest BCUT2D eigenvalue weighted by Gasteiger charge is 2.23. The third-order valence-corrected chi connectivity index (χ3v) is 21.1. The Hall–Kier alpha value is -13.8. The molecular weight excluding hydrogens is 1250 g/mol. The molecule has 8 nitrogen and oxygen atoms in total. The minimum atomic E-state index is 0.606. The van der Waals surface area contributed by atoms with Crippen molar-refractivity contribution < 1.29 is 13.3 Å². The van der Waals surface area contributed by atoms with E-state index in [4.69, 9.17) is 23.2 Å². The van der Waals surface area contributed by atoms with Gasteiger partial charge >= 0.3 is 0 Å². The Bertz CT molecular complexity index is 6590. The fraction of sp³-hybridized carbons (Fsp3) is 0. The van der Waals surface area contributed by atoms with E-state index in [1.54, 1.807) is 0 Å². The number of aromatic nitrogens is 5. The van der Waals surface area contributed by atoms with Gasteiger partial charge in [0.05, 0.1) is 44.5 Å². The normalized spacial score (nSPS) is 12.1. The second-order valence-electron chi connectivity index (χ2n) is 26.7. The Labute approximate surface area is 582 Å². The zero-order chi connectivity index (χ0) is 66.7. The van der Waals surface area contributed by atoms with Gasteiger partial charge in [0.2, 0.25) is 0 Å². The lowest BCUT2D eigenvalue weighted by Gasteiger charge is -2.14. The molecule has 8 heteroatoms. The number of benzene rings is 15. The van der Waals surface area contributed by atoms with Crippen molar-refractivity contribution in [3.63, 3.8) is 0 Å². The lowest BCUT2D eigenvalue weighted by atomic mass is 10.0. The topological polar surface area (TPSA) is 80.0 Å². The maximum Gasteiger partial charge on any atom is 0.160 e. The van der Waals surface area contributed by atoms with E-state index in [0.717, 1.165) is 210 Å². The summed E-state index contributed by atoms with van der Waals surface area (Å²) in [6.45, 7) is 0. The number of hydrogen-bond acceptors (Lipinski definition) is 5. The van der Waals surface area contributed by atoms with Gasteiger partial charge in [0.1, 0.15) is 33.5 Å². The van der Waals surface area contributed by atoms with Crippen molar-refractivity contribution >= 4 is 131 Å². The van der Waals surface area contributed by atoms with Crippen LogP contribution in [0.5, 0.6) is 0 Å². The number of nitrogens with zero attached hydrogens (tertiary/aromatic N) is 5. The number of hydrogen-bond donors (Lipinski definition) is 0. The van der Waals surface area contributed by atoms with E-state index < -0.39 is 0 Å². The Balaban J connectivity index is 0.699. The summed E-state index contributed by atoms with van der Waals surface area (Å²) < 4.78 is 26.9. The molecule has 0 fully saturated rings. The first-order valence-corrected chi connectivity index (χ1v) is 34.6. The molecule has 474 valence electrons. The van der Waals surface area contributed by atoms with Gasteiger partial charge in [-0.15, -0.1) is 0 Å². The van der Waals surface area contributed by atoms with E-state index >= 15 is 0 Å². The van der Waals surface area contributed by atoms with Gasteiger partial charge in [-0.05, 0) is 132 Å². The molecular formula is C94H55N5O3. The molecule has 0 unspecified atom stereocenters. The Morgan fingerprint density at radius 1 is 0.196 bits per heavy atom. The zero-order valence-corrected chi connectivity index (χ0v) is 54.7. The molecule has 0 saturated heterocycles. The van der Waals surface area contributed by atoms with E-state index in [0.29, 0.717) is 5.82 Å². The first kappa shape index (κ1) is 56.2. The van der Waals surface area contributed by atoms with Crippen LogP contribution in [0.3, 0.4) is 0 Å². The van der Waals surface area contributed by atoms with Gasteiger partial charge in [-0.3, -0.25) is 0 Å². The SMILES string of the molecule is c1cc(-c2cc(-c3cccc(-n4c5ccccc5c5cc(-c6cccc7c6oc6ccccc67)ccc54)c3)nc(-c3cccc(-n4c5ccccc5c5cc(-c6cccc7c6oc6ccccc67)ccc54)c3)n2)cc(-n2c3ccccc3c3cc(-c4cccc5c4oc4ccccc45)ccc32)c1. The average molecular weight is 1300 g/mol. The van der Waals surface area contributed by atoms with Crippen LogP contribution in [-0.4, -0.2) is 23.7 Å². The van der Waals surface area contributed by atoms with Gasteiger partial charge in [0.25, 0.3) is 0 Å². The summed E-state index contributed by atoms with van der Waals surface area (Å²) in [4.78, 5) is 11.2. The third-order valence-electron chi connectivity index (χ3n) is 21.1. The average Bonchev–Trinajstić information content (AvgIpc) is 1.59. The fourth-order valence-electron chi connectivity index (χ4n) is 16.4. The number of furan rings is 3. The molecule has 0 N–H and O–H groups in total. The van der Waals surface area contributed by atoms with E-state index in [1.807, 2.05) is 36.4 Å². The summed E-state index contributed by atoms with van der Waals surface area (Å²) in [5, 5.41) is 13.6. The van der Waals surface area contributed by atoms with Gasteiger partial charge in [-0.2, -0.15) is 0 Å². The molecule has 22 aromatic rings. The Morgan fingerprint density at radius 2 is 0.490 bits per heavy atom. The molecule has 102 heavy (non-hydrogen) atoms. The van der Waals surface area contributed by atoms with Gasteiger partial charge in [0.15, 0.2) is 5.82 Å². The second kappa shape index (κ2) is 21.8. The van der Waals surface area contributed by atoms with E-state index in [-0.39, 0.29) is 0 Å². The second-order valence-corrected chi connectivity index (χ2v) is 26.7. The van der Waals surface area contributed by atoms with Gasteiger partial charge in [0, 0.05) is 115 Å². The number of fused-ring (bicyclic) bond motifs is 18. The minimum Gasteiger partial charge on any atom is -0.455 e. The Kier molecular flexibility index (Phi) is 12.0. The van der Waals surface area contributed by atoms with E-state index in [1.165, 1.54) is 0 Å². The maximum absolute atomic E-state index is 6.59. The monoisotopic (exact) mass is 1300 g/mol. The molecule has 0 radical (unpaired) electrons.